The maximum Gasteiger partial charge on any atom is 0.223 e. The first-order valence-electron chi connectivity index (χ1n) is 21.4. The van der Waals surface area contributed by atoms with Crippen LogP contribution >= 0.6 is 0 Å². The maximum atomic E-state index is 14.2. The van der Waals surface area contributed by atoms with E-state index in [2.05, 4.69) is 85.2 Å². The summed E-state index contributed by atoms with van der Waals surface area (Å²) in [4.78, 5) is 14.2. The summed E-state index contributed by atoms with van der Waals surface area (Å²) in [5.41, 5.74) is 0.727. The Morgan fingerprint density at radius 3 is 1.52 bits per heavy atom. The highest BCUT2D eigenvalue weighted by molar-refractivity contribution is 5.79. The quantitative estimate of drug-likeness (QED) is 0.0845. The van der Waals surface area contributed by atoms with E-state index in [1.165, 1.54) is 141 Å². The molecule has 0 aromatic heterocycles. The molecule has 0 aliphatic carbocycles. The van der Waals surface area contributed by atoms with Gasteiger partial charge < -0.3 is 16.0 Å². The number of amides is 1. The SMILES string of the molecule is CCCCCCCCCCCCC(C(=O)NCCCCCCC1CC(C)(C)NC(C)(C)C1)C(CCCCC)C1CC(C)(C)NC(C)(C)C1. The van der Waals surface area contributed by atoms with Crippen LogP contribution in [0.2, 0.25) is 0 Å². The molecule has 2 rings (SSSR count). The van der Waals surface area contributed by atoms with Crippen molar-refractivity contribution in [3.63, 3.8) is 0 Å². The van der Waals surface area contributed by atoms with Gasteiger partial charge in [0, 0.05) is 34.6 Å². The van der Waals surface area contributed by atoms with Gasteiger partial charge in [0.05, 0.1) is 0 Å². The zero-order valence-electron chi connectivity index (χ0n) is 34.4. The molecule has 2 aliphatic heterocycles. The first kappa shape index (κ1) is 43.6. The van der Waals surface area contributed by atoms with E-state index in [0.717, 1.165) is 25.3 Å². The Kier molecular flexibility index (Phi) is 19.7. The van der Waals surface area contributed by atoms with Crippen LogP contribution in [0, 0.1) is 23.7 Å². The third kappa shape index (κ3) is 18.1. The normalized spacial score (nSPS) is 22.0. The zero-order chi connectivity index (χ0) is 35.7. The molecule has 1 amide bonds. The second-order valence-electron chi connectivity index (χ2n) is 19.5. The molecule has 0 bridgehead atoms. The summed E-state index contributed by atoms with van der Waals surface area (Å²) >= 11 is 0. The van der Waals surface area contributed by atoms with Gasteiger partial charge in [-0.15, -0.1) is 0 Å². The summed E-state index contributed by atoms with van der Waals surface area (Å²) in [5.74, 6) is 2.47. The van der Waals surface area contributed by atoms with Crippen molar-refractivity contribution in [1.82, 2.24) is 16.0 Å². The Bertz CT molecular complexity index is 829. The van der Waals surface area contributed by atoms with Crippen molar-refractivity contribution in [3.05, 3.63) is 0 Å². The van der Waals surface area contributed by atoms with Crippen molar-refractivity contribution >= 4 is 5.91 Å². The van der Waals surface area contributed by atoms with Crippen LogP contribution in [0.15, 0.2) is 0 Å². The monoisotopic (exact) mass is 674 g/mol. The molecule has 284 valence electrons. The summed E-state index contributed by atoms with van der Waals surface area (Å²) < 4.78 is 0. The Balaban J connectivity index is 1.93. The Morgan fingerprint density at radius 1 is 0.562 bits per heavy atom. The number of rotatable bonds is 25. The molecular formula is C44H87N3O. The minimum Gasteiger partial charge on any atom is -0.356 e. The second kappa shape index (κ2) is 21.7. The molecule has 2 unspecified atom stereocenters. The first-order chi connectivity index (χ1) is 22.6. The van der Waals surface area contributed by atoms with Crippen molar-refractivity contribution in [2.45, 2.75) is 245 Å². The number of unbranched alkanes of at least 4 members (excludes halogenated alkanes) is 14. The average molecular weight is 674 g/mol. The van der Waals surface area contributed by atoms with Gasteiger partial charge in [0.15, 0.2) is 0 Å². The van der Waals surface area contributed by atoms with E-state index in [0.29, 0.717) is 17.7 Å². The lowest BCUT2D eigenvalue weighted by molar-refractivity contribution is -0.128. The molecule has 0 aromatic carbocycles. The van der Waals surface area contributed by atoms with Crippen LogP contribution in [0.5, 0.6) is 0 Å². The van der Waals surface area contributed by atoms with E-state index >= 15 is 0 Å². The molecule has 0 spiro atoms. The number of nitrogens with one attached hydrogen (secondary N) is 3. The first-order valence-corrected chi connectivity index (χ1v) is 21.4. The van der Waals surface area contributed by atoms with Gasteiger partial charge in [0.1, 0.15) is 0 Å². The molecule has 0 radical (unpaired) electrons. The molecule has 0 saturated carbocycles. The number of carbonyl (C=O) groups is 1. The lowest BCUT2D eigenvalue weighted by atomic mass is 9.65. The summed E-state index contributed by atoms with van der Waals surface area (Å²) in [6, 6.07) is 0. The molecular weight excluding hydrogens is 587 g/mol. The number of hydrogen-bond donors (Lipinski definition) is 3. The third-order valence-corrected chi connectivity index (χ3v) is 11.8. The van der Waals surface area contributed by atoms with E-state index in [-0.39, 0.29) is 28.1 Å². The van der Waals surface area contributed by atoms with Crippen LogP contribution in [0.25, 0.3) is 0 Å². The van der Waals surface area contributed by atoms with Crippen LogP contribution in [0.4, 0.5) is 0 Å². The van der Waals surface area contributed by atoms with E-state index < -0.39 is 0 Å². The fourth-order valence-corrected chi connectivity index (χ4v) is 10.5. The Labute approximate surface area is 301 Å². The highest BCUT2D eigenvalue weighted by Gasteiger charge is 2.43. The molecule has 4 nitrogen and oxygen atoms in total. The van der Waals surface area contributed by atoms with Gasteiger partial charge in [-0.25, -0.2) is 0 Å². The predicted octanol–water partition coefficient (Wildman–Crippen LogP) is 12.3. The number of hydrogen-bond acceptors (Lipinski definition) is 3. The second-order valence-corrected chi connectivity index (χ2v) is 19.5. The molecule has 2 fully saturated rings. The van der Waals surface area contributed by atoms with Crippen LogP contribution in [0.3, 0.4) is 0 Å². The molecule has 3 N–H and O–H groups in total. The molecule has 0 aromatic rings. The summed E-state index contributed by atoms with van der Waals surface area (Å²) in [7, 11) is 0. The highest BCUT2D eigenvalue weighted by Crippen LogP contribution is 2.43. The minimum atomic E-state index is 0.118. The van der Waals surface area contributed by atoms with Crippen LogP contribution in [0.1, 0.15) is 223 Å². The summed E-state index contributed by atoms with van der Waals surface area (Å²) in [6.07, 6.45) is 30.9. The van der Waals surface area contributed by atoms with E-state index in [1.807, 2.05) is 0 Å². The molecule has 2 atom stereocenters. The van der Waals surface area contributed by atoms with Crippen molar-refractivity contribution in [2.75, 3.05) is 6.54 Å². The van der Waals surface area contributed by atoms with Gasteiger partial charge in [0.2, 0.25) is 5.91 Å². The number of piperidine rings is 2. The fraction of sp³-hybridized carbons (Fsp3) is 0.977. The predicted molar refractivity (Wildman–Crippen MR) is 212 cm³/mol. The Morgan fingerprint density at radius 2 is 0.979 bits per heavy atom. The molecule has 48 heavy (non-hydrogen) atoms. The fourth-order valence-electron chi connectivity index (χ4n) is 10.5. The maximum absolute atomic E-state index is 14.2. The summed E-state index contributed by atoms with van der Waals surface area (Å²) in [6.45, 7) is 24.5. The van der Waals surface area contributed by atoms with Gasteiger partial charge in [0.25, 0.3) is 0 Å². The van der Waals surface area contributed by atoms with Crippen LogP contribution < -0.4 is 16.0 Å². The lowest BCUT2D eigenvalue weighted by Crippen LogP contribution is -2.59. The van der Waals surface area contributed by atoms with Crippen molar-refractivity contribution in [1.29, 1.82) is 0 Å². The van der Waals surface area contributed by atoms with Gasteiger partial charge >= 0.3 is 0 Å². The Hall–Kier alpha value is -0.610. The minimum absolute atomic E-state index is 0.118. The zero-order valence-corrected chi connectivity index (χ0v) is 34.4. The van der Waals surface area contributed by atoms with Gasteiger partial charge in [-0.1, -0.05) is 123 Å². The molecule has 2 aliphatic rings. The van der Waals surface area contributed by atoms with Crippen LogP contribution in [-0.4, -0.2) is 34.6 Å². The molecule has 4 heteroatoms. The lowest BCUT2D eigenvalue weighted by Gasteiger charge is -2.50. The topological polar surface area (TPSA) is 53.2 Å². The van der Waals surface area contributed by atoms with Crippen LogP contribution in [-0.2, 0) is 4.79 Å². The van der Waals surface area contributed by atoms with Crippen molar-refractivity contribution in [2.24, 2.45) is 23.7 Å². The molecule has 2 saturated heterocycles. The van der Waals surface area contributed by atoms with E-state index in [9.17, 15) is 4.79 Å². The largest absolute Gasteiger partial charge is 0.356 e. The van der Waals surface area contributed by atoms with Crippen molar-refractivity contribution < 1.29 is 4.79 Å². The van der Waals surface area contributed by atoms with Gasteiger partial charge in [-0.05, 0) is 118 Å². The summed E-state index contributed by atoms with van der Waals surface area (Å²) in [5, 5.41) is 11.3. The van der Waals surface area contributed by atoms with Crippen molar-refractivity contribution in [3.8, 4) is 0 Å². The van der Waals surface area contributed by atoms with Gasteiger partial charge in [-0.3, -0.25) is 4.79 Å². The smallest absolute Gasteiger partial charge is 0.223 e. The third-order valence-electron chi connectivity index (χ3n) is 11.8. The highest BCUT2D eigenvalue weighted by atomic mass is 16.1. The average Bonchev–Trinajstić information content (AvgIpc) is 2.95. The van der Waals surface area contributed by atoms with E-state index in [4.69, 9.17) is 0 Å². The van der Waals surface area contributed by atoms with Gasteiger partial charge in [-0.2, -0.15) is 0 Å². The number of carbonyl (C=O) groups excluding carboxylic acids is 1. The molecule has 2 heterocycles. The standard InChI is InChI=1S/C44H87N3O/c1-11-13-15-16-17-18-19-20-21-26-30-39(38(29-24-14-12-2)37-34-43(7,8)47-44(9,10)35-37)40(48)45-31-27-23-22-25-28-36-32-41(3,4)46-42(5,6)33-36/h36-39,46-47H,11-35H2,1-10H3,(H,45,48). The van der Waals surface area contributed by atoms with E-state index in [1.54, 1.807) is 0 Å².